The lowest BCUT2D eigenvalue weighted by Crippen LogP contribution is -2.41. The quantitative estimate of drug-likeness (QED) is 0.533. The van der Waals surface area contributed by atoms with Crippen LogP contribution in [0.25, 0.3) is 0 Å². The molecular formula is C27H39N5O2. The molecule has 1 aromatic heterocycles. The Morgan fingerprint density at radius 3 is 2.62 bits per heavy atom. The van der Waals surface area contributed by atoms with Crippen LogP contribution in [0.2, 0.25) is 0 Å². The molecule has 1 aliphatic rings. The number of rotatable bonds is 10. The minimum Gasteiger partial charge on any atom is -0.381 e. The first kappa shape index (κ1) is 26.0. The molecule has 1 amide bonds. The first-order valence-corrected chi connectivity index (χ1v) is 12.3. The number of carbonyl (C=O) groups excluding carboxylic acids is 1. The molecular weight excluding hydrogens is 426 g/mol. The number of carbonyl (C=O) groups is 1. The number of aryl methyl sites for hydroxylation is 3. The molecule has 0 bridgehead atoms. The predicted octanol–water partition coefficient (Wildman–Crippen LogP) is 4.15. The van der Waals surface area contributed by atoms with Gasteiger partial charge in [0.25, 0.3) is 5.91 Å². The molecule has 0 aliphatic carbocycles. The third-order valence-electron chi connectivity index (χ3n) is 6.53. The fourth-order valence-electron chi connectivity index (χ4n) is 4.42. The van der Waals surface area contributed by atoms with Crippen molar-refractivity contribution in [3.05, 3.63) is 53.1 Å². The average molecular weight is 466 g/mol. The molecule has 7 heteroatoms. The molecule has 1 aliphatic heterocycles. The van der Waals surface area contributed by atoms with Crippen LogP contribution in [-0.2, 0) is 16.0 Å². The number of hydrogen-bond acceptors (Lipinski definition) is 6. The number of nitrogens with one attached hydrogen (secondary N) is 1. The van der Waals surface area contributed by atoms with E-state index >= 15 is 0 Å². The minimum absolute atomic E-state index is 0.134. The lowest BCUT2D eigenvalue weighted by molar-refractivity contribution is -0.116. The summed E-state index contributed by atoms with van der Waals surface area (Å²) in [7, 11) is 4.23. The second-order valence-electron chi connectivity index (χ2n) is 9.50. The van der Waals surface area contributed by atoms with Gasteiger partial charge in [-0.3, -0.25) is 4.79 Å². The largest absolute Gasteiger partial charge is 0.381 e. The first-order chi connectivity index (χ1) is 16.3. The number of aliphatic imine (C=N–C) groups is 1. The van der Waals surface area contributed by atoms with E-state index in [1.165, 1.54) is 11.1 Å². The summed E-state index contributed by atoms with van der Waals surface area (Å²) in [6, 6.07) is 8.78. The zero-order valence-electron chi connectivity index (χ0n) is 21.3. The molecule has 2 aromatic rings. The Balaban J connectivity index is 1.76. The normalized spacial score (nSPS) is 16.0. The molecule has 1 atom stereocenters. The maximum Gasteiger partial charge on any atom is 0.265 e. The Morgan fingerprint density at radius 2 is 1.91 bits per heavy atom. The molecule has 1 unspecified atom stereocenters. The van der Waals surface area contributed by atoms with Crippen molar-refractivity contribution in [2.24, 2.45) is 4.99 Å². The van der Waals surface area contributed by atoms with E-state index in [4.69, 9.17) is 9.73 Å². The highest BCUT2D eigenvalue weighted by Gasteiger charge is 2.20. The van der Waals surface area contributed by atoms with Crippen LogP contribution in [0, 0.1) is 13.8 Å². The Labute approximate surface area is 204 Å². The van der Waals surface area contributed by atoms with Crippen LogP contribution in [-0.4, -0.2) is 66.4 Å². The first-order valence-electron chi connectivity index (χ1n) is 12.3. The summed E-state index contributed by atoms with van der Waals surface area (Å²) >= 11 is 0. The van der Waals surface area contributed by atoms with Gasteiger partial charge in [0.2, 0.25) is 0 Å². The highest BCUT2D eigenvalue weighted by Crippen LogP contribution is 2.30. The Morgan fingerprint density at radius 1 is 1.18 bits per heavy atom. The van der Waals surface area contributed by atoms with E-state index in [1.807, 2.05) is 6.92 Å². The summed E-state index contributed by atoms with van der Waals surface area (Å²) in [6.45, 7) is 8.28. The van der Waals surface area contributed by atoms with Crippen LogP contribution in [0.3, 0.4) is 0 Å². The Kier molecular flexibility index (Phi) is 9.72. The van der Waals surface area contributed by atoms with Crippen LogP contribution in [0.5, 0.6) is 0 Å². The molecule has 0 spiro atoms. The van der Waals surface area contributed by atoms with Gasteiger partial charge in [-0.05, 0) is 90.6 Å². The third kappa shape index (κ3) is 7.43. The van der Waals surface area contributed by atoms with Crippen molar-refractivity contribution in [2.45, 2.75) is 64.8 Å². The van der Waals surface area contributed by atoms with E-state index in [-0.39, 0.29) is 11.9 Å². The summed E-state index contributed by atoms with van der Waals surface area (Å²) in [5, 5.41) is 3.09. The molecule has 2 heterocycles. The van der Waals surface area contributed by atoms with Gasteiger partial charge in [-0.25, -0.2) is 15.0 Å². The molecule has 7 nitrogen and oxygen atoms in total. The maximum absolute atomic E-state index is 12.7. The number of aromatic nitrogens is 2. The smallest absolute Gasteiger partial charge is 0.265 e. The van der Waals surface area contributed by atoms with Crippen molar-refractivity contribution < 1.29 is 9.53 Å². The van der Waals surface area contributed by atoms with Gasteiger partial charge < -0.3 is 15.0 Å². The second kappa shape index (κ2) is 12.7. The van der Waals surface area contributed by atoms with Gasteiger partial charge >= 0.3 is 0 Å². The van der Waals surface area contributed by atoms with Gasteiger partial charge in [0.15, 0.2) is 0 Å². The van der Waals surface area contributed by atoms with Crippen molar-refractivity contribution in [3.8, 4) is 0 Å². The minimum atomic E-state index is -0.134. The lowest BCUT2D eigenvalue weighted by Gasteiger charge is -2.23. The topological polar surface area (TPSA) is 79.7 Å². The summed E-state index contributed by atoms with van der Waals surface area (Å²) in [6.07, 6.45) is 6.10. The van der Waals surface area contributed by atoms with Crippen molar-refractivity contribution in [1.29, 1.82) is 0 Å². The number of amides is 1. The number of hydrogen-bond donors (Lipinski definition) is 1. The second-order valence-corrected chi connectivity index (χ2v) is 9.50. The van der Waals surface area contributed by atoms with E-state index in [9.17, 15) is 4.79 Å². The molecule has 34 heavy (non-hydrogen) atoms. The number of nitrogens with zero attached hydrogens (tertiary/aromatic N) is 4. The van der Waals surface area contributed by atoms with E-state index < -0.39 is 0 Å². The summed E-state index contributed by atoms with van der Waals surface area (Å²) < 4.78 is 5.38. The monoisotopic (exact) mass is 465 g/mol. The van der Waals surface area contributed by atoms with Gasteiger partial charge in [0.05, 0.1) is 11.4 Å². The lowest BCUT2D eigenvalue weighted by atomic mass is 9.87. The molecule has 1 aromatic carbocycles. The van der Waals surface area contributed by atoms with Crippen LogP contribution >= 0.6 is 0 Å². The molecule has 184 valence electrons. The molecule has 1 fully saturated rings. The fourth-order valence-corrected chi connectivity index (χ4v) is 4.42. The standard InChI is InChI=1S/C27H39N5O2/c1-19-8-6-7-9-24(19)22(12-15-32(4)5)10-11-25-26(20(2)28-18-29-25)30-21(3)27(33)31-23-13-16-34-17-14-23/h6-9,18,22-23H,10-17H2,1-5H3,(H,31,33)/b30-21+. The molecule has 3 rings (SSSR count). The Bertz CT molecular complexity index is 983. The van der Waals surface area contributed by atoms with Gasteiger partial charge in [-0.15, -0.1) is 0 Å². The predicted molar refractivity (Wildman–Crippen MR) is 137 cm³/mol. The summed E-state index contributed by atoms with van der Waals surface area (Å²) in [4.78, 5) is 28.6. The van der Waals surface area contributed by atoms with Gasteiger partial charge in [0.1, 0.15) is 17.7 Å². The fraction of sp³-hybridized carbons (Fsp3) is 0.556. The van der Waals surface area contributed by atoms with Crippen molar-refractivity contribution in [3.63, 3.8) is 0 Å². The van der Waals surface area contributed by atoms with Crippen molar-refractivity contribution in [2.75, 3.05) is 33.9 Å². The van der Waals surface area contributed by atoms with Crippen LogP contribution in [0.4, 0.5) is 5.69 Å². The van der Waals surface area contributed by atoms with E-state index in [1.54, 1.807) is 13.3 Å². The van der Waals surface area contributed by atoms with Crippen LogP contribution < -0.4 is 5.32 Å². The highest BCUT2D eigenvalue weighted by atomic mass is 16.5. The molecule has 0 saturated carbocycles. The van der Waals surface area contributed by atoms with E-state index in [0.717, 1.165) is 55.7 Å². The zero-order chi connectivity index (χ0) is 24.5. The summed E-state index contributed by atoms with van der Waals surface area (Å²) in [5.74, 6) is 0.290. The van der Waals surface area contributed by atoms with Gasteiger partial charge in [-0.2, -0.15) is 0 Å². The van der Waals surface area contributed by atoms with Crippen molar-refractivity contribution >= 4 is 17.3 Å². The molecule has 1 N–H and O–H groups in total. The number of ether oxygens (including phenoxy) is 1. The van der Waals surface area contributed by atoms with E-state index in [2.05, 4.69) is 65.5 Å². The SMILES string of the molecule is C/C(=N\c1c(C)ncnc1CCC(CCN(C)C)c1ccccc1C)C(=O)NC1CCOCC1. The van der Waals surface area contributed by atoms with Gasteiger partial charge in [0, 0.05) is 19.3 Å². The van der Waals surface area contributed by atoms with Crippen LogP contribution in [0.15, 0.2) is 35.6 Å². The third-order valence-corrected chi connectivity index (χ3v) is 6.53. The maximum atomic E-state index is 12.7. The van der Waals surface area contributed by atoms with E-state index in [0.29, 0.717) is 24.8 Å². The zero-order valence-corrected chi connectivity index (χ0v) is 21.3. The average Bonchev–Trinajstić information content (AvgIpc) is 2.82. The van der Waals surface area contributed by atoms with Crippen LogP contribution in [0.1, 0.15) is 61.0 Å². The summed E-state index contributed by atoms with van der Waals surface area (Å²) in [5.41, 5.74) is 5.57. The Hall–Kier alpha value is -2.64. The molecule has 1 saturated heterocycles. The highest BCUT2D eigenvalue weighted by molar-refractivity contribution is 6.38. The molecule has 0 radical (unpaired) electrons. The van der Waals surface area contributed by atoms with Gasteiger partial charge in [-0.1, -0.05) is 24.3 Å². The van der Waals surface area contributed by atoms with Crippen molar-refractivity contribution in [1.82, 2.24) is 20.2 Å². The number of benzene rings is 1.